The van der Waals surface area contributed by atoms with Crippen molar-refractivity contribution in [1.82, 2.24) is 15.0 Å². The smallest absolute Gasteiger partial charge is 0.422 e. The molecule has 36 heavy (non-hydrogen) atoms. The molecule has 0 saturated carbocycles. The summed E-state index contributed by atoms with van der Waals surface area (Å²) in [7, 11) is 0. The summed E-state index contributed by atoms with van der Waals surface area (Å²) in [5, 5.41) is 14.2. The Morgan fingerprint density at radius 2 is 1.78 bits per heavy atom. The molecule has 0 amide bonds. The van der Waals surface area contributed by atoms with Crippen molar-refractivity contribution in [3.63, 3.8) is 0 Å². The topological polar surface area (TPSA) is 92.2 Å². The Balaban J connectivity index is 2.31. The average molecular weight is 540 g/mol. The molecule has 3 N–H and O–H groups in total. The molecule has 0 saturated heterocycles. The minimum atomic E-state index is -4.51. The SMILES string of the molecule is CCC(CO)CCNc1nc(NCC(F)(F)F)nc(Cl)c1C#Cc1ccc(OCC(F)(F)F)nc1C. The fraction of sp³-hybridized carbons (Fsp3) is 0.500. The van der Waals surface area contributed by atoms with Crippen LogP contribution in [0.3, 0.4) is 0 Å². The van der Waals surface area contributed by atoms with Crippen molar-refractivity contribution in [1.29, 1.82) is 0 Å². The average Bonchev–Trinajstić information content (AvgIpc) is 2.78. The molecule has 0 aliphatic heterocycles. The molecule has 0 radical (unpaired) electrons. The van der Waals surface area contributed by atoms with Crippen LogP contribution >= 0.6 is 11.6 Å². The van der Waals surface area contributed by atoms with Crippen molar-refractivity contribution in [2.24, 2.45) is 5.92 Å². The van der Waals surface area contributed by atoms with Crippen LogP contribution in [-0.2, 0) is 0 Å². The number of halogens is 7. The summed E-state index contributed by atoms with van der Waals surface area (Å²) in [5.74, 6) is 5.03. The largest absolute Gasteiger partial charge is 0.468 e. The van der Waals surface area contributed by atoms with Gasteiger partial charge in [-0.05, 0) is 25.3 Å². The quantitative estimate of drug-likeness (QED) is 0.223. The third-order valence-corrected chi connectivity index (χ3v) is 5.03. The van der Waals surface area contributed by atoms with Crippen molar-refractivity contribution in [3.05, 3.63) is 34.1 Å². The third kappa shape index (κ3) is 9.94. The van der Waals surface area contributed by atoms with E-state index in [2.05, 4.69) is 42.2 Å². The highest BCUT2D eigenvalue weighted by Gasteiger charge is 2.29. The lowest BCUT2D eigenvalue weighted by Crippen LogP contribution is -2.23. The van der Waals surface area contributed by atoms with Gasteiger partial charge in [-0.25, -0.2) is 4.98 Å². The Labute approximate surface area is 208 Å². The van der Waals surface area contributed by atoms with Crippen molar-refractivity contribution in [2.75, 3.05) is 36.9 Å². The minimum Gasteiger partial charge on any atom is -0.468 e. The molecule has 0 aliphatic rings. The number of hydrogen-bond acceptors (Lipinski definition) is 7. The molecule has 0 bridgehead atoms. The van der Waals surface area contributed by atoms with Gasteiger partial charge in [-0.3, -0.25) is 0 Å². The Morgan fingerprint density at radius 1 is 1.06 bits per heavy atom. The highest BCUT2D eigenvalue weighted by Crippen LogP contribution is 2.24. The molecule has 2 aromatic heterocycles. The van der Waals surface area contributed by atoms with E-state index in [1.54, 1.807) is 0 Å². The third-order valence-electron chi connectivity index (χ3n) is 4.76. The first-order valence-corrected chi connectivity index (χ1v) is 11.1. The summed E-state index contributed by atoms with van der Waals surface area (Å²) in [6.45, 7) is 0.870. The van der Waals surface area contributed by atoms with Crippen LogP contribution in [-0.4, -0.2) is 58.7 Å². The number of aryl methyl sites for hydroxylation is 1. The standard InChI is InChI=1S/C22H24ClF6N5O2/c1-3-14(10-35)8-9-30-19-16(18(23)33-20(34-19)31-11-21(24,25)26)6-4-15-5-7-17(32-13(15)2)36-12-22(27,28)29/h5,7,14,35H,3,8-12H2,1-2H3,(H2,30,31,33,34). The van der Waals surface area contributed by atoms with Crippen LogP contribution in [0.1, 0.15) is 36.6 Å². The first kappa shape index (κ1) is 29.3. The second-order valence-corrected chi connectivity index (χ2v) is 8.00. The molecule has 1 unspecified atom stereocenters. The number of nitrogens with zero attached hydrogens (tertiary/aromatic N) is 3. The van der Waals surface area contributed by atoms with E-state index in [4.69, 9.17) is 11.6 Å². The number of pyridine rings is 1. The Kier molecular flexibility index (Phi) is 10.4. The van der Waals surface area contributed by atoms with Crippen LogP contribution in [0.4, 0.5) is 38.1 Å². The van der Waals surface area contributed by atoms with Crippen LogP contribution in [0.2, 0.25) is 5.15 Å². The maximum absolute atomic E-state index is 12.6. The maximum Gasteiger partial charge on any atom is 0.422 e. The van der Waals surface area contributed by atoms with Gasteiger partial charge in [0.25, 0.3) is 0 Å². The van der Waals surface area contributed by atoms with Crippen molar-refractivity contribution < 1.29 is 36.2 Å². The summed E-state index contributed by atoms with van der Waals surface area (Å²) >= 11 is 6.20. The van der Waals surface area contributed by atoms with E-state index >= 15 is 0 Å². The molecule has 2 aromatic rings. The van der Waals surface area contributed by atoms with Gasteiger partial charge >= 0.3 is 12.4 Å². The molecule has 1 atom stereocenters. The summed E-state index contributed by atoms with van der Waals surface area (Å²) < 4.78 is 79.4. The molecule has 7 nitrogen and oxygen atoms in total. The fourth-order valence-electron chi connectivity index (χ4n) is 2.79. The van der Waals surface area contributed by atoms with E-state index in [-0.39, 0.29) is 46.6 Å². The predicted octanol–water partition coefficient (Wildman–Crippen LogP) is 4.97. The second-order valence-electron chi connectivity index (χ2n) is 7.64. The van der Waals surface area contributed by atoms with E-state index in [1.807, 2.05) is 6.92 Å². The zero-order valence-corrected chi connectivity index (χ0v) is 20.1. The number of alkyl halides is 6. The van der Waals surface area contributed by atoms with Crippen LogP contribution < -0.4 is 15.4 Å². The number of anilines is 2. The number of aliphatic hydroxyl groups is 1. The Bertz CT molecular complexity index is 1080. The molecule has 0 spiro atoms. The van der Waals surface area contributed by atoms with Gasteiger partial charge in [0.2, 0.25) is 11.8 Å². The lowest BCUT2D eigenvalue weighted by Gasteiger charge is -2.15. The number of rotatable bonds is 10. The van der Waals surface area contributed by atoms with E-state index in [0.717, 1.165) is 6.42 Å². The van der Waals surface area contributed by atoms with Crippen molar-refractivity contribution in [2.45, 2.75) is 39.0 Å². The van der Waals surface area contributed by atoms with Gasteiger partial charge in [0.05, 0.1) is 5.69 Å². The van der Waals surface area contributed by atoms with Crippen molar-refractivity contribution in [3.8, 4) is 17.7 Å². The molecule has 0 aromatic carbocycles. The molecule has 14 heteroatoms. The minimum absolute atomic E-state index is 0.0129. The lowest BCUT2D eigenvalue weighted by molar-refractivity contribution is -0.154. The van der Waals surface area contributed by atoms with Gasteiger partial charge in [0.15, 0.2) is 11.8 Å². The number of nitrogens with one attached hydrogen (secondary N) is 2. The summed E-state index contributed by atoms with van der Waals surface area (Å²) in [6, 6.07) is 2.64. The second kappa shape index (κ2) is 12.8. The molecule has 0 fully saturated rings. The van der Waals surface area contributed by atoms with Crippen LogP contribution in [0.5, 0.6) is 5.88 Å². The molecular formula is C22H24ClF6N5O2. The normalized spacial score (nSPS) is 12.5. The molecule has 198 valence electrons. The predicted molar refractivity (Wildman–Crippen MR) is 122 cm³/mol. The van der Waals surface area contributed by atoms with Crippen LogP contribution in [0, 0.1) is 24.7 Å². The van der Waals surface area contributed by atoms with Crippen LogP contribution in [0.15, 0.2) is 12.1 Å². The van der Waals surface area contributed by atoms with Gasteiger partial charge in [0, 0.05) is 24.8 Å². The van der Waals surface area contributed by atoms with E-state index in [1.165, 1.54) is 19.1 Å². The maximum atomic E-state index is 12.6. The first-order chi connectivity index (χ1) is 16.8. The molecular weight excluding hydrogens is 516 g/mol. The number of aromatic nitrogens is 3. The number of ether oxygens (including phenoxy) is 1. The Hall–Kier alpha value is -2.98. The molecule has 0 aliphatic carbocycles. The first-order valence-electron chi connectivity index (χ1n) is 10.7. The summed E-state index contributed by atoms with van der Waals surface area (Å²) in [5.41, 5.74) is 0.732. The van der Waals surface area contributed by atoms with Gasteiger partial charge in [-0.2, -0.15) is 36.3 Å². The van der Waals surface area contributed by atoms with Crippen LogP contribution in [0.25, 0.3) is 0 Å². The molecule has 2 heterocycles. The lowest BCUT2D eigenvalue weighted by atomic mass is 10.0. The highest BCUT2D eigenvalue weighted by molar-refractivity contribution is 6.31. The Morgan fingerprint density at radius 3 is 2.36 bits per heavy atom. The summed E-state index contributed by atoms with van der Waals surface area (Å²) in [6.07, 6.45) is -7.74. The van der Waals surface area contributed by atoms with Gasteiger partial charge < -0.3 is 20.5 Å². The van der Waals surface area contributed by atoms with E-state index in [0.29, 0.717) is 18.5 Å². The van der Waals surface area contributed by atoms with Gasteiger partial charge in [0.1, 0.15) is 17.9 Å². The zero-order chi connectivity index (χ0) is 26.9. The monoisotopic (exact) mass is 539 g/mol. The molecule has 2 rings (SSSR count). The van der Waals surface area contributed by atoms with Crippen molar-refractivity contribution >= 4 is 23.4 Å². The van der Waals surface area contributed by atoms with Gasteiger partial charge in [-0.1, -0.05) is 36.8 Å². The van der Waals surface area contributed by atoms with Gasteiger partial charge in [-0.15, -0.1) is 0 Å². The fourth-order valence-corrected chi connectivity index (χ4v) is 3.00. The highest BCUT2D eigenvalue weighted by atomic mass is 35.5. The van der Waals surface area contributed by atoms with E-state index in [9.17, 15) is 31.4 Å². The van der Waals surface area contributed by atoms with E-state index < -0.39 is 25.5 Å². The zero-order valence-electron chi connectivity index (χ0n) is 19.3. The number of aliphatic hydroxyl groups excluding tert-OH is 1. The summed E-state index contributed by atoms with van der Waals surface area (Å²) in [4.78, 5) is 11.8. The number of hydrogen-bond donors (Lipinski definition) is 3.